The van der Waals surface area contributed by atoms with Crippen LogP contribution in [0.25, 0.3) is 0 Å². The van der Waals surface area contributed by atoms with E-state index < -0.39 is 0 Å². The Labute approximate surface area is 153 Å². The van der Waals surface area contributed by atoms with E-state index in [1.165, 1.54) is 18.4 Å². The van der Waals surface area contributed by atoms with Crippen LogP contribution in [0.5, 0.6) is 0 Å². The predicted molar refractivity (Wildman–Crippen MR) is 105 cm³/mol. The van der Waals surface area contributed by atoms with Gasteiger partial charge >= 0.3 is 0 Å². The summed E-state index contributed by atoms with van der Waals surface area (Å²) in [6, 6.07) is 13.8. The van der Waals surface area contributed by atoms with E-state index in [-0.39, 0.29) is 0 Å². The van der Waals surface area contributed by atoms with Crippen molar-refractivity contribution >= 4 is 46.2 Å². The van der Waals surface area contributed by atoms with E-state index in [4.69, 9.17) is 35.4 Å². The average molecular weight is 367 g/mol. The maximum Gasteiger partial charge on any atom is 0.171 e. The molecule has 0 aliphatic heterocycles. The van der Waals surface area contributed by atoms with Crippen molar-refractivity contribution < 1.29 is 0 Å². The number of nitrogens with one attached hydrogen (secondary N) is 2. The first kappa shape index (κ1) is 18.1. The molecular formula is C18H20Cl2N2S. The first-order valence-corrected chi connectivity index (χ1v) is 8.82. The van der Waals surface area contributed by atoms with Crippen LogP contribution in [0.4, 0.5) is 5.69 Å². The van der Waals surface area contributed by atoms with Crippen molar-refractivity contribution in [2.45, 2.75) is 32.7 Å². The third-order valence-electron chi connectivity index (χ3n) is 3.49. The van der Waals surface area contributed by atoms with Crippen molar-refractivity contribution in [1.29, 1.82) is 0 Å². The summed E-state index contributed by atoms with van der Waals surface area (Å²) < 4.78 is 0. The molecular weight excluding hydrogens is 347 g/mol. The zero-order valence-electron chi connectivity index (χ0n) is 13.0. The molecule has 0 unspecified atom stereocenters. The van der Waals surface area contributed by atoms with Crippen LogP contribution in [0.3, 0.4) is 0 Å². The molecule has 2 N–H and O–H groups in total. The summed E-state index contributed by atoms with van der Waals surface area (Å²) in [7, 11) is 0. The van der Waals surface area contributed by atoms with Crippen LogP contribution in [0, 0.1) is 0 Å². The summed E-state index contributed by atoms with van der Waals surface area (Å²) in [5, 5.41) is 8.15. The van der Waals surface area contributed by atoms with Crippen molar-refractivity contribution in [3.63, 3.8) is 0 Å². The molecule has 0 heterocycles. The number of benzene rings is 2. The summed E-state index contributed by atoms with van der Waals surface area (Å²) in [5.41, 5.74) is 3.28. The monoisotopic (exact) mass is 366 g/mol. The molecule has 0 atom stereocenters. The average Bonchev–Trinajstić information content (AvgIpc) is 2.53. The quantitative estimate of drug-likeness (QED) is 0.629. The number of anilines is 1. The fourth-order valence-corrected chi connectivity index (χ4v) is 2.82. The van der Waals surface area contributed by atoms with Gasteiger partial charge < -0.3 is 10.6 Å². The van der Waals surface area contributed by atoms with Crippen LogP contribution >= 0.6 is 35.4 Å². The van der Waals surface area contributed by atoms with Gasteiger partial charge in [-0.2, -0.15) is 0 Å². The summed E-state index contributed by atoms with van der Waals surface area (Å²) in [5.74, 6) is 0. The van der Waals surface area contributed by atoms with Crippen molar-refractivity contribution in [2.75, 3.05) is 5.32 Å². The highest BCUT2D eigenvalue weighted by atomic mass is 35.5. The van der Waals surface area contributed by atoms with E-state index in [9.17, 15) is 0 Å². The van der Waals surface area contributed by atoms with Crippen LogP contribution < -0.4 is 10.6 Å². The molecule has 23 heavy (non-hydrogen) atoms. The maximum absolute atomic E-state index is 6.14. The Kier molecular flexibility index (Phi) is 7.15. The molecule has 0 aliphatic rings. The number of thiocarbonyl (C=S) groups is 1. The number of hydrogen-bond acceptors (Lipinski definition) is 1. The topological polar surface area (TPSA) is 24.1 Å². The van der Waals surface area contributed by atoms with Crippen LogP contribution in [-0.2, 0) is 13.0 Å². The molecule has 5 heteroatoms. The van der Waals surface area contributed by atoms with Crippen LogP contribution in [0.1, 0.15) is 30.9 Å². The second-order valence-corrected chi connectivity index (χ2v) is 6.60. The molecule has 0 saturated heterocycles. The van der Waals surface area contributed by atoms with E-state index in [1.54, 1.807) is 6.07 Å². The van der Waals surface area contributed by atoms with Crippen molar-refractivity contribution in [1.82, 2.24) is 5.32 Å². The van der Waals surface area contributed by atoms with E-state index in [0.29, 0.717) is 21.7 Å². The van der Waals surface area contributed by atoms with E-state index >= 15 is 0 Å². The zero-order valence-corrected chi connectivity index (χ0v) is 15.4. The molecule has 2 aromatic rings. The Morgan fingerprint density at radius 1 is 1.09 bits per heavy atom. The van der Waals surface area contributed by atoms with E-state index in [0.717, 1.165) is 17.7 Å². The lowest BCUT2D eigenvalue weighted by atomic mass is 10.1. The fourth-order valence-electron chi connectivity index (χ4n) is 2.15. The Balaban J connectivity index is 1.84. The third-order valence-corrected chi connectivity index (χ3v) is 4.32. The lowest BCUT2D eigenvalue weighted by molar-refractivity contribution is 0.795. The first-order chi connectivity index (χ1) is 11.1. The Morgan fingerprint density at radius 2 is 1.83 bits per heavy atom. The highest BCUT2D eigenvalue weighted by molar-refractivity contribution is 7.80. The molecule has 2 rings (SSSR count). The molecule has 0 aromatic heterocycles. The summed E-state index contributed by atoms with van der Waals surface area (Å²) in [4.78, 5) is 0. The third kappa shape index (κ3) is 6.02. The lowest BCUT2D eigenvalue weighted by Gasteiger charge is -2.12. The van der Waals surface area contributed by atoms with Crippen LogP contribution in [0.2, 0.25) is 10.0 Å². The highest BCUT2D eigenvalue weighted by Crippen LogP contribution is 2.20. The molecule has 0 bridgehead atoms. The molecule has 2 nitrogen and oxygen atoms in total. The normalized spacial score (nSPS) is 10.4. The van der Waals surface area contributed by atoms with Gasteiger partial charge in [-0.1, -0.05) is 54.7 Å². The molecule has 0 radical (unpaired) electrons. The minimum Gasteiger partial charge on any atom is -0.358 e. The van der Waals surface area contributed by atoms with Gasteiger partial charge in [0.2, 0.25) is 0 Å². The number of halogens is 2. The zero-order chi connectivity index (χ0) is 16.7. The largest absolute Gasteiger partial charge is 0.358 e. The minimum atomic E-state index is 0.552. The maximum atomic E-state index is 6.14. The van der Waals surface area contributed by atoms with Gasteiger partial charge in [-0.25, -0.2) is 0 Å². The number of rotatable bonds is 6. The Bertz CT molecular complexity index is 657. The van der Waals surface area contributed by atoms with Crippen molar-refractivity contribution in [3.05, 3.63) is 63.6 Å². The van der Waals surface area contributed by atoms with Crippen LogP contribution in [-0.4, -0.2) is 5.11 Å². The Hall–Kier alpha value is -1.29. The smallest absolute Gasteiger partial charge is 0.171 e. The molecule has 2 aromatic carbocycles. The molecule has 0 saturated carbocycles. The number of hydrogen-bond donors (Lipinski definition) is 2. The van der Waals surface area contributed by atoms with Gasteiger partial charge in [0.1, 0.15) is 0 Å². The minimum absolute atomic E-state index is 0.552. The highest BCUT2D eigenvalue weighted by Gasteiger charge is 2.03. The fraction of sp³-hybridized carbons (Fsp3) is 0.278. The van der Waals surface area contributed by atoms with Gasteiger partial charge in [0, 0.05) is 22.3 Å². The van der Waals surface area contributed by atoms with Crippen molar-refractivity contribution in [2.24, 2.45) is 0 Å². The van der Waals surface area contributed by atoms with Gasteiger partial charge in [0.15, 0.2) is 5.11 Å². The molecule has 0 amide bonds. The van der Waals surface area contributed by atoms with Crippen molar-refractivity contribution in [3.8, 4) is 0 Å². The first-order valence-electron chi connectivity index (χ1n) is 7.66. The molecule has 122 valence electrons. The SMILES string of the molecule is CCCCc1ccc(NC(=S)NCc2ccc(Cl)cc2Cl)cc1. The second-order valence-electron chi connectivity index (χ2n) is 5.34. The molecule has 0 fully saturated rings. The van der Waals surface area contributed by atoms with Gasteiger partial charge in [-0.05, 0) is 60.5 Å². The molecule has 0 aliphatic carbocycles. The second kappa shape index (κ2) is 9.11. The molecule has 0 spiro atoms. The van der Waals surface area contributed by atoms with E-state index in [2.05, 4.69) is 29.7 Å². The van der Waals surface area contributed by atoms with Gasteiger partial charge in [0.25, 0.3) is 0 Å². The summed E-state index contributed by atoms with van der Waals surface area (Å²) >= 11 is 17.3. The Morgan fingerprint density at radius 3 is 2.48 bits per heavy atom. The number of unbranched alkanes of at least 4 members (excludes halogenated alkanes) is 1. The van der Waals surface area contributed by atoms with Gasteiger partial charge in [-0.3, -0.25) is 0 Å². The van der Waals surface area contributed by atoms with Gasteiger partial charge in [0.05, 0.1) is 0 Å². The standard InChI is InChI=1S/C18H20Cl2N2S/c1-2-3-4-13-5-9-16(10-6-13)22-18(23)21-12-14-7-8-15(19)11-17(14)20/h5-11H,2-4,12H2,1H3,(H2,21,22,23). The number of aryl methyl sites for hydroxylation is 1. The van der Waals surface area contributed by atoms with Crippen LogP contribution in [0.15, 0.2) is 42.5 Å². The lowest BCUT2D eigenvalue weighted by Crippen LogP contribution is -2.27. The predicted octanol–water partition coefficient (Wildman–Crippen LogP) is 5.82. The van der Waals surface area contributed by atoms with Gasteiger partial charge in [-0.15, -0.1) is 0 Å². The summed E-state index contributed by atoms with van der Waals surface area (Å²) in [6.07, 6.45) is 3.55. The summed E-state index contributed by atoms with van der Waals surface area (Å²) in [6.45, 7) is 2.75. The van der Waals surface area contributed by atoms with E-state index in [1.807, 2.05) is 24.3 Å².